The lowest BCUT2D eigenvalue weighted by molar-refractivity contribution is 0.269. The van der Waals surface area contributed by atoms with Crippen LogP contribution in [0.1, 0.15) is 28.3 Å². The van der Waals surface area contributed by atoms with Crippen molar-refractivity contribution < 1.29 is 0 Å². The maximum Gasteiger partial charge on any atom is 0.0672 e. The lowest BCUT2D eigenvalue weighted by atomic mass is 9.96. The van der Waals surface area contributed by atoms with Gasteiger partial charge in [-0.1, -0.05) is 36.4 Å². The third-order valence-electron chi connectivity index (χ3n) is 4.93. The second kappa shape index (κ2) is 4.88. The second-order valence-electron chi connectivity index (χ2n) is 6.48. The minimum Gasteiger partial charge on any atom is -0.362 e. The Labute approximate surface area is 127 Å². The van der Waals surface area contributed by atoms with Gasteiger partial charge in [-0.3, -0.25) is 0 Å². The zero-order chi connectivity index (χ0) is 14.4. The van der Waals surface area contributed by atoms with Gasteiger partial charge in [0.05, 0.1) is 6.04 Å². The summed E-state index contributed by atoms with van der Waals surface area (Å²) < 4.78 is 0. The summed E-state index contributed by atoms with van der Waals surface area (Å²) in [5.41, 5.74) is 7.28. The molecule has 2 heteroatoms. The number of benzene rings is 2. The van der Waals surface area contributed by atoms with Crippen LogP contribution in [-0.2, 0) is 6.42 Å². The normalized spacial score (nSPS) is 21.2. The van der Waals surface area contributed by atoms with Gasteiger partial charge in [0.1, 0.15) is 0 Å². The molecule has 0 amide bonds. The van der Waals surface area contributed by atoms with Crippen LogP contribution in [0.4, 0.5) is 5.69 Å². The van der Waals surface area contributed by atoms with E-state index < -0.39 is 0 Å². The van der Waals surface area contributed by atoms with Crippen LogP contribution in [-0.4, -0.2) is 31.6 Å². The predicted molar refractivity (Wildman–Crippen MR) is 88.0 cm³/mol. The molecule has 108 valence electrons. The molecular weight excluding hydrogens is 256 g/mol. The lowest BCUT2D eigenvalue weighted by Crippen LogP contribution is -2.46. The van der Waals surface area contributed by atoms with Crippen LogP contribution in [0.15, 0.2) is 42.5 Å². The summed E-state index contributed by atoms with van der Waals surface area (Å²) in [6, 6.07) is 16.4. The maximum atomic E-state index is 2.63. The summed E-state index contributed by atoms with van der Waals surface area (Å²) in [4.78, 5) is 5.09. The van der Waals surface area contributed by atoms with Crippen LogP contribution in [0.2, 0.25) is 0 Å². The number of hydrogen-bond donors (Lipinski definition) is 0. The van der Waals surface area contributed by atoms with Gasteiger partial charge >= 0.3 is 0 Å². The summed E-state index contributed by atoms with van der Waals surface area (Å²) in [7, 11) is 2.24. The highest BCUT2D eigenvalue weighted by atomic mass is 15.3. The Morgan fingerprint density at radius 2 is 1.86 bits per heavy atom. The van der Waals surface area contributed by atoms with E-state index in [4.69, 9.17) is 0 Å². The monoisotopic (exact) mass is 278 g/mol. The Hall–Kier alpha value is -1.80. The first-order valence-corrected chi connectivity index (χ1v) is 7.85. The number of aryl methyl sites for hydroxylation is 1. The first kappa shape index (κ1) is 12.9. The average Bonchev–Trinajstić information content (AvgIpc) is 2.62. The third kappa shape index (κ3) is 2.14. The Bertz CT molecular complexity index is 677. The molecule has 2 aliphatic rings. The fraction of sp³-hybridized carbons (Fsp3) is 0.368. The third-order valence-corrected chi connectivity index (χ3v) is 4.93. The van der Waals surface area contributed by atoms with E-state index in [1.807, 2.05) is 0 Å². The highest BCUT2D eigenvalue weighted by molar-refractivity contribution is 5.62. The molecule has 1 unspecified atom stereocenters. The number of nitrogens with zero attached hydrogens (tertiary/aromatic N) is 2. The zero-order valence-corrected chi connectivity index (χ0v) is 12.8. The molecule has 2 aromatic carbocycles. The van der Waals surface area contributed by atoms with Crippen molar-refractivity contribution in [2.75, 3.05) is 31.6 Å². The van der Waals surface area contributed by atoms with Crippen LogP contribution in [0.25, 0.3) is 0 Å². The van der Waals surface area contributed by atoms with E-state index >= 15 is 0 Å². The van der Waals surface area contributed by atoms with Gasteiger partial charge in [0.2, 0.25) is 0 Å². The highest BCUT2D eigenvalue weighted by Crippen LogP contribution is 2.39. The van der Waals surface area contributed by atoms with Crippen LogP contribution >= 0.6 is 0 Å². The van der Waals surface area contributed by atoms with Crippen molar-refractivity contribution in [3.63, 3.8) is 0 Å². The molecule has 2 aromatic rings. The molecule has 0 spiro atoms. The Morgan fingerprint density at radius 1 is 1.00 bits per heavy atom. The van der Waals surface area contributed by atoms with E-state index in [-0.39, 0.29) is 0 Å². The number of likely N-dealkylation sites (N-methyl/N-ethyl adjacent to an activating group) is 1. The molecule has 4 rings (SSSR count). The highest BCUT2D eigenvalue weighted by Gasteiger charge is 2.31. The SMILES string of the molecule is Cc1ccc2c(c1)N1CCN(C)CC1c1ccccc1C2. The van der Waals surface area contributed by atoms with Crippen molar-refractivity contribution >= 4 is 5.69 Å². The molecule has 1 saturated heterocycles. The van der Waals surface area contributed by atoms with Crippen LogP contribution in [0.3, 0.4) is 0 Å². The maximum absolute atomic E-state index is 2.63. The first-order chi connectivity index (χ1) is 10.2. The molecule has 2 aliphatic heterocycles. The Kier molecular flexibility index (Phi) is 3.00. The average molecular weight is 278 g/mol. The fourth-order valence-corrected chi connectivity index (χ4v) is 3.79. The van der Waals surface area contributed by atoms with Gasteiger partial charge in [0.25, 0.3) is 0 Å². The van der Waals surface area contributed by atoms with Gasteiger partial charge in [-0.05, 0) is 48.7 Å². The largest absolute Gasteiger partial charge is 0.362 e. The van der Waals surface area contributed by atoms with Crippen molar-refractivity contribution in [2.24, 2.45) is 0 Å². The summed E-state index contributed by atoms with van der Waals surface area (Å²) in [5, 5.41) is 0. The van der Waals surface area contributed by atoms with Gasteiger partial charge in [0, 0.05) is 25.3 Å². The van der Waals surface area contributed by atoms with E-state index in [0.717, 1.165) is 26.1 Å². The number of fused-ring (bicyclic) bond motifs is 5. The first-order valence-electron chi connectivity index (χ1n) is 7.85. The van der Waals surface area contributed by atoms with Crippen molar-refractivity contribution in [3.8, 4) is 0 Å². The molecule has 0 saturated carbocycles. The summed E-state index contributed by atoms with van der Waals surface area (Å²) >= 11 is 0. The van der Waals surface area contributed by atoms with Crippen molar-refractivity contribution in [3.05, 3.63) is 64.7 Å². The number of rotatable bonds is 0. The zero-order valence-electron chi connectivity index (χ0n) is 12.8. The Morgan fingerprint density at radius 3 is 2.76 bits per heavy atom. The molecule has 1 atom stereocenters. The van der Waals surface area contributed by atoms with Crippen LogP contribution in [0, 0.1) is 6.92 Å². The van der Waals surface area contributed by atoms with E-state index in [9.17, 15) is 0 Å². The van der Waals surface area contributed by atoms with Crippen molar-refractivity contribution in [2.45, 2.75) is 19.4 Å². The standard InChI is InChI=1S/C19H22N2/c1-14-7-8-16-12-15-5-3-4-6-17(15)19-13-20(2)9-10-21(19)18(16)11-14/h3-8,11,19H,9-10,12-13H2,1-2H3. The van der Waals surface area contributed by atoms with Gasteiger partial charge in [-0.2, -0.15) is 0 Å². The van der Waals surface area contributed by atoms with Gasteiger partial charge in [0.15, 0.2) is 0 Å². The molecule has 0 bridgehead atoms. The van der Waals surface area contributed by atoms with E-state index in [1.165, 1.54) is 27.9 Å². The smallest absolute Gasteiger partial charge is 0.0672 e. The minimum absolute atomic E-state index is 0.489. The van der Waals surface area contributed by atoms with E-state index in [2.05, 4.69) is 66.2 Å². The van der Waals surface area contributed by atoms with Gasteiger partial charge in [-0.25, -0.2) is 0 Å². The fourth-order valence-electron chi connectivity index (χ4n) is 3.79. The van der Waals surface area contributed by atoms with Crippen LogP contribution in [0.5, 0.6) is 0 Å². The summed E-state index contributed by atoms with van der Waals surface area (Å²) in [6.07, 6.45) is 1.06. The second-order valence-corrected chi connectivity index (χ2v) is 6.48. The quantitative estimate of drug-likeness (QED) is 0.729. The molecule has 0 N–H and O–H groups in total. The minimum atomic E-state index is 0.489. The molecular formula is C19H22N2. The molecule has 2 heterocycles. The molecule has 0 radical (unpaired) electrons. The van der Waals surface area contributed by atoms with Gasteiger partial charge in [-0.15, -0.1) is 0 Å². The number of hydrogen-bond acceptors (Lipinski definition) is 2. The van der Waals surface area contributed by atoms with Crippen molar-refractivity contribution in [1.29, 1.82) is 0 Å². The Balaban J connectivity index is 1.91. The number of piperazine rings is 1. The molecule has 0 aromatic heterocycles. The van der Waals surface area contributed by atoms with E-state index in [0.29, 0.717) is 6.04 Å². The molecule has 21 heavy (non-hydrogen) atoms. The lowest BCUT2D eigenvalue weighted by Gasteiger charge is -2.42. The van der Waals surface area contributed by atoms with Gasteiger partial charge < -0.3 is 9.80 Å². The summed E-state index contributed by atoms with van der Waals surface area (Å²) in [6.45, 7) is 5.58. The summed E-state index contributed by atoms with van der Waals surface area (Å²) in [5.74, 6) is 0. The topological polar surface area (TPSA) is 6.48 Å². The molecule has 0 aliphatic carbocycles. The predicted octanol–water partition coefficient (Wildman–Crippen LogP) is 3.39. The van der Waals surface area contributed by atoms with Crippen molar-refractivity contribution in [1.82, 2.24) is 4.90 Å². The number of anilines is 1. The molecule has 1 fully saturated rings. The van der Waals surface area contributed by atoms with Crippen LogP contribution < -0.4 is 4.90 Å². The molecule has 2 nitrogen and oxygen atoms in total. The van der Waals surface area contributed by atoms with E-state index in [1.54, 1.807) is 0 Å².